The van der Waals surface area contributed by atoms with Crippen LogP contribution in [0.15, 0.2) is 17.0 Å². The molecule has 1 atom stereocenters. The third kappa shape index (κ3) is 3.59. The molecule has 1 fully saturated rings. The fraction of sp³-hybridized carbons (Fsp3) is 0.571. The fourth-order valence-corrected chi connectivity index (χ4v) is 4.24. The maximum absolute atomic E-state index is 13.8. The second-order valence-corrected chi connectivity index (χ2v) is 7.23. The molecule has 1 aliphatic carbocycles. The van der Waals surface area contributed by atoms with Gasteiger partial charge in [0.15, 0.2) is 11.6 Å². The van der Waals surface area contributed by atoms with Crippen molar-refractivity contribution < 1.29 is 17.2 Å². The van der Waals surface area contributed by atoms with E-state index in [1.807, 2.05) is 0 Å². The fourth-order valence-electron chi connectivity index (χ4n) is 2.79. The Morgan fingerprint density at radius 2 is 1.95 bits per heavy atom. The normalized spacial score (nSPS) is 18.1. The Kier molecular flexibility index (Phi) is 4.95. The van der Waals surface area contributed by atoms with Crippen molar-refractivity contribution in [1.29, 1.82) is 0 Å². The summed E-state index contributed by atoms with van der Waals surface area (Å²) >= 11 is 0. The lowest BCUT2D eigenvalue weighted by Gasteiger charge is -2.20. The Bertz CT molecular complexity index is 614. The van der Waals surface area contributed by atoms with Gasteiger partial charge in [0.05, 0.1) is 0 Å². The summed E-state index contributed by atoms with van der Waals surface area (Å²) in [5, 5.41) is 0. The maximum atomic E-state index is 13.8. The molecule has 0 amide bonds. The van der Waals surface area contributed by atoms with E-state index < -0.39 is 26.6 Å². The SMILES string of the molecule is CC(NS(=O)(=O)c1cc(CN)cc(F)c1F)C1CCCC1. The Hall–Kier alpha value is -1.05. The van der Waals surface area contributed by atoms with Crippen LogP contribution >= 0.6 is 0 Å². The number of hydrogen-bond acceptors (Lipinski definition) is 3. The number of halogens is 2. The molecule has 0 radical (unpaired) electrons. The van der Waals surface area contributed by atoms with E-state index in [1.54, 1.807) is 6.92 Å². The van der Waals surface area contributed by atoms with E-state index in [-0.39, 0.29) is 24.1 Å². The average molecular weight is 318 g/mol. The molecule has 0 heterocycles. The van der Waals surface area contributed by atoms with Gasteiger partial charge in [-0.3, -0.25) is 0 Å². The highest BCUT2D eigenvalue weighted by molar-refractivity contribution is 7.89. The van der Waals surface area contributed by atoms with Gasteiger partial charge in [-0.2, -0.15) is 0 Å². The van der Waals surface area contributed by atoms with E-state index in [1.165, 1.54) is 0 Å². The molecule has 1 saturated carbocycles. The molecular formula is C14H20F2N2O2S. The minimum atomic E-state index is -4.10. The number of nitrogens with two attached hydrogens (primary N) is 1. The van der Waals surface area contributed by atoms with Crippen molar-refractivity contribution in [2.45, 2.75) is 50.1 Å². The van der Waals surface area contributed by atoms with E-state index in [0.717, 1.165) is 37.8 Å². The van der Waals surface area contributed by atoms with Gasteiger partial charge in [-0.25, -0.2) is 21.9 Å². The van der Waals surface area contributed by atoms with E-state index in [0.29, 0.717) is 0 Å². The third-order valence-corrected chi connectivity index (χ3v) is 5.59. The Labute approximate surface area is 123 Å². The molecular weight excluding hydrogens is 298 g/mol. The van der Waals surface area contributed by atoms with E-state index in [9.17, 15) is 17.2 Å². The Morgan fingerprint density at radius 1 is 1.33 bits per heavy atom. The highest BCUT2D eigenvalue weighted by atomic mass is 32.2. The minimum absolute atomic E-state index is 0.0576. The van der Waals surface area contributed by atoms with Gasteiger partial charge < -0.3 is 5.73 Å². The molecule has 1 aromatic rings. The lowest BCUT2D eigenvalue weighted by Crippen LogP contribution is -2.37. The van der Waals surface area contributed by atoms with Crippen molar-refractivity contribution in [3.63, 3.8) is 0 Å². The summed E-state index contributed by atoms with van der Waals surface area (Å²) < 4.78 is 54.3. The van der Waals surface area contributed by atoms with E-state index in [4.69, 9.17) is 5.73 Å². The number of rotatable bonds is 5. The van der Waals surface area contributed by atoms with Crippen LogP contribution in [0, 0.1) is 17.6 Å². The number of nitrogens with one attached hydrogen (secondary N) is 1. The topological polar surface area (TPSA) is 72.2 Å². The standard InChI is InChI=1S/C14H20F2N2O2S/c1-9(11-4-2-3-5-11)18-21(19,20)13-7-10(8-17)6-12(15)14(13)16/h6-7,9,11,18H,2-5,8,17H2,1H3. The van der Waals surface area contributed by atoms with Crippen LogP contribution in [-0.4, -0.2) is 14.5 Å². The summed E-state index contributed by atoms with van der Waals surface area (Å²) in [5.41, 5.74) is 5.62. The summed E-state index contributed by atoms with van der Waals surface area (Å²) in [6, 6.07) is 1.69. The van der Waals surface area contributed by atoms with Crippen LogP contribution in [0.3, 0.4) is 0 Å². The molecule has 7 heteroatoms. The first-order valence-electron chi connectivity index (χ1n) is 7.05. The molecule has 21 heavy (non-hydrogen) atoms. The van der Waals surface area contributed by atoms with Crippen molar-refractivity contribution in [3.05, 3.63) is 29.3 Å². The average Bonchev–Trinajstić information content (AvgIpc) is 2.95. The molecule has 0 saturated heterocycles. The number of sulfonamides is 1. The molecule has 0 bridgehead atoms. The van der Waals surface area contributed by atoms with Crippen molar-refractivity contribution in [2.24, 2.45) is 11.7 Å². The van der Waals surface area contributed by atoms with Gasteiger partial charge in [0.2, 0.25) is 10.0 Å². The molecule has 2 rings (SSSR count). The molecule has 1 aliphatic rings. The first-order valence-corrected chi connectivity index (χ1v) is 8.54. The van der Waals surface area contributed by atoms with Crippen molar-refractivity contribution >= 4 is 10.0 Å². The summed E-state index contributed by atoms with van der Waals surface area (Å²) in [6.45, 7) is 1.70. The third-order valence-electron chi connectivity index (χ3n) is 4.03. The molecule has 1 unspecified atom stereocenters. The summed E-state index contributed by atoms with van der Waals surface area (Å²) in [4.78, 5) is -0.673. The zero-order valence-corrected chi connectivity index (χ0v) is 12.7. The molecule has 118 valence electrons. The summed E-state index contributed by atoms with van der Waals surface area (Å²) in [5.74, 6) is -2.32. The molecule has 0 aromatic heterocycles. The van der Waals surface area contributed by atoms with Gasteiger partial charge in [0.1, 0.15) is 4.90 Å². The predicted octanol–water partition coefficient (Wildman–Crippen LogP) is 2.28. The molecule has 0 aliphatic heterocycles. The Balaban J connectivity index is 2.28. The number of hydrogen-bond donors (Lipinski definition) is 2. The van der Waals surface area contributed by atoms with Gasteiger partial charge in [-0.05, 0) is 43.4 Å². The van der Waals surface area contributed by atoms with Crippen LogP contribution in [0.5, 0.6) is 0 Å². The molecule has 4 nitrogen and oxygen atoms in total. The second kappa shape index (κ2) is 6.37. The zero-order valence-electron chi connectivity index (χ0n) is 11.9. The smallest absolute Gasteiger partial charge is 0.243 e. The van der Waals surface area contributed by atoms with Crippen LogP contribution in [0.1, 0.15) is 38.2 Å². The van der Waals surface area contributed by atoms with Gasteiger partial charge in [-0.1, -0.05) is 12.8 Å². The zero-order chi connectivity index (χ0) is 15.6. The van der Waals surface area contributed by atoms with Gasteiger partial charge in [0, 0.05) is 12.6 Å². The highest BCUT2D eigenvalue weighted by Gasteiger charge is 2.29. The largest absolute Gasteiger partial charge is 0.326 e. The lowest BCUT2D eigenvalue weighted by atomic mass is 10.0. The minimum Gasteiger partial charge on any atom is -0.326 e. The van der Waals surface area contributed by atoms with Gasteiger partial charge >= 0.3 is 0 Å². The lowest BCUT2D eigenvalue weighted by molar-refractivity contribution is 0.421. The van der Waals surface area contributed by atoms with E-state index in [2.05, 4.69) is 4.72 Å². The summed E-state index contributed by atoms with van der Waals surface area (Å²) in [7, 11) is -4.10. The van der Waals surface area contributed by atoms with Crippen LogP contribution in [0.25, 0.3) is 0 Å². The molecule has 0 spiro atoms. The molecule has 3 N–H and O–H groups in total. The van der Waals surface area contributed by atoms with Gasteiger partial charge in [-0.15, -0.1) is 0 Å². The van der Waals surface area contributed by atoms with Crippen LogP contribution in [-0.2, 0) is 16.6 Å². The van der Waals surface area contributed by atoms with Crippen LogP contribution in [0.2, 0.25) is 0 Å². The van der Waals surface area contributed by atoms with Crippen molar-refractivity contribution in [1.82, 2.24) is 4.72 Å². The first kappa shape index (κ1) is 16.3. The first-order chi connectivity index (χ1) is 9.85. The van der Waals surface area contributed by atoms with Gasteiger partial charge in [0.25, 0.3) is 0 Å². The van der Waals surface area contributed by atoms with Crippen LogP contribution in [0.4, 0.5) is 8.78 Å². The Morgan fingerprint density at radius 3 is 2.52 bits per heavy atom. The summed E-state index contributed by atoms with van der Waals surface area (Å²) in [6.07, 6.45) is 4.04. The molecule has 1 aromatic carbocycles. The van der Waals surface area contributed by atoms with Crippen molar-refractivity contribution in [3.8, 4) is 0 Å². The predicted molar refractivity (Wildman–Crippen MR) is 76.0 cm³/mol. The second-order valence-electron chi connectivity index (χ2n) is 5.55. The monoisotopic (exact) mass is 318 g/mol. The number of benzene rings is 1. The van der Waals surface area contributed by atoms with Crippen molar-refractivity contribution in [2.75, 3.05) is 0 Å². The maximum Gasteiger partial charge on any atom is 0.243 e. The van der Waals surface area contributed by atoms with Crippen LogP contribution < -0.4 is 10.5 Å². The highest BCUT2D eigenvalue weighted by Crippen LogP contribution is 2.29. The quantitative estimate of drug-likeness (QED) is 0.875. The van der Waals surface area contributed by atoms with E-state index >= 15 is 0 Å².